The minimum absolute atomic E-state index is 0.0333. The van der Waals surface area contributed by atoms with Gasteiger partial charge in [-0.15, -0.1) is 0 Å². The summed E-state index contributed by atoms with van der Waals surface area (Å²) in [5.74, 6) is -0.319. The number of amides is 2. The van der Waals surface area contributed by atoms with Gasteiger partial charge in [0, 0.05) is 23.3 Å². The maximum absolute atomic E-state index is 14.4. The molecule has 1 saturated carbocycles. The van der Waals surface area contributed by atoms with E-state index in [4.69, 9.17) is 4.74 Å². The van der Waals surface area contributed by atoms with Crippen LogP contribution < -0.4 is 5.32 Å². The average Bonchev–Trinajstić information content (AvgIpc) is 3.20. The molecule has 2 N–H and O–H groups in total. The molecule has 9 heteroatoms. The number of anilines is 1. The zero-order valence-corrected chi connectivity index (χ0v) is 21.2. The van der Waals surface area contributed by atoms with Crippen LogP contribution in [-0.4, -0.2) is 42.1 Å². The van der Waals surface area contributed by atoms with Crippen LogP contribution in [0.4, 0.5) is 10.2 Å². The highest BCUT2D eigenvalue weighted by molar-refractivity contribution is 6.83. The van der Waals surface area contributed by atoms with E-state index in [0.29, 0.717) is 5.82 Å². The summed E-state index contributed by atoms with van der Waals surface area (Å²) in [6.45, 7) is 10.8. The highest BCUT2D eigenvalue weighted by atomic mass is 28.3. The van der Waals surface area contributed by atoms with Gasteiger partial charge in [0.15, 0.2) is 11.9 Å². The summed E-state index contributed by atoms with van der Waals surface area (Å²) in [4.78, 5) is 28.5. The maximum Gasteiger partial charge on any atom is 0.257 e. The number of halogens is 1. The number of methoxy groups -OCH3 is 1. The minimum Gasteiger partial charge on any atom is -0.367 e. The number of nitrogens with one attached hydrogen (secondary N) is 2. The van der Waals surface area contributed by atoms with Crippen molar-refractivity contribution < 1.29 is 18.7 Å². The third kappa shape index (κ3) is 3.61. The fourth-order valence-electron chi connectivity index (χ4n) is 5.24. The molecule has 2 aliphatic rings. The van der Waals surface area contributed by atoms with E-state index in [1.807, 2.05) is 13.8 Å². The summed E-state index contributed by atoms with van der Waals surface area (Å²) in [6.07, 6.45) is 1.83. The van der Waals surface area contributed by atoms with Crippen LogP contribution >= 0.6 is 0 Å². The Kier molecular flexibility index (Phi) is 5.77. The van der Waals surface area contributed by atoms with Crippen molar-refractivity contribution in [1.29, 1.82) is 0 Å². The van der Waals surface area contributed by atoms with Gasteiger partial charge in [-0.05, 0) is 32.8 Å². The van der Waals surface area contributed by atoms with Crippen LogP contribution in [0, 0.1) is 5.82 Å². The topological polar surface area (TPSA) is 87.3 Å². The van der Waals surface area contributed by atoms with Gasteiger partial charge in [0.1, 0.15) is 5.82 Å². The molecule has 0 radical (unpaired) electrons. The fraction of sp³-hybridized carbons (Fsp3) is 0.542. The first-order valence-corrected chi connectivity index (χ1v) is 14.9. The number of fused-ring (bicyclic) bond motifs is 1. The van der Waals surface area contributed by atoms with Gasteiger partial charge >= 0.3 is 0 Å². The van der Waals surface area contributed by atoms with Gasteiger partial charge in [-0.25, -0.2) is 4.39 Å². The lowest BCUT2D eigenvalue weighted by Crippen LogP contribution is -2.52. The van der Waals surface area contributed by atoms with Gasteiger partial charge in [-0.1, -0.05) is 44.3 Å². The summed E-state index contributed by atoms with van der Waals surface area (Å²) >= 11 is 0. The summed E-state index contributed by atoms with van der Waals surface area (Å²) in [6, 6.07) is 6.14. The quantitative estimate of drug-likeness (QED) is 0.596. The molecule has 1 aromatic heterocycles. The van der Waals surface area contributed by atoms with Crippen molar-refractivity contribution in [3.8, 4) is 0 Å². The Balaban J connectivity index is 1.60. The number of hydrogen-bond acceptors (Lipinski definition) is 4. The van der Waals surface area contributed by atoms with E-state index < -0.39 is 25.5 Å². The maximum atomic E-state index is 14.4. The van der Waals surface area contributed by atoms with Crippen molar-refractivity contribution >= 4 is 25.7 Å². The number of benzene rings is 1. The van der Waals surface area contributed by atoms with E-state index in [1.54, 1.807) is 23.1 Å². The third-order valence-corrected chi connectivity index (χ3v) is 11.3. The number of H-pyrrole nitrogens is 1. The molecule has 1 aliphatic heterocycles. The fourth-order valence-corrected chi connectivity index (χ4v) is 7.84. The molecule has 0 bridgehead atoms. The monoisotopic (exact) mass is 472 g/mol. The number of carbonyl (C=O) groups excluding carboxylic acids is 2. The molecule has 178 valence electrons. The second kappa shape index (κ2) is 8.05. The highest BCUT2D eigenvalue weighted by Gasteiger charge is 2.54. The minimum atomic E-state index is -1.74. The molecule has 0 spiro atoms. The lowest BCUT2D eigenvalue weighted by atomic mass is 9.83. The molecule has 1 fully saturated rings. The molecule has 33 heavy (non-hydrogen) atoms. The number of rotatable bonds is 6. The summed E-state index contributed by atoms with van der Waals surface area (Å²) in [7, 11) is -0.333. The van der Waals surface area contributed by atoms with E-state index >= 15 is 0 Å². The number of nitrogens with zero attached hydrogens (tertiary/aromatic N) is 2. The van der Waals surface area contributed by atoms with Crippen molar-refractivity contribution in [1.82, 2.24) is 15.1 Å². The van der Waals surface area contributed by atoms with E-state index in [1.165, 1.54) is 13.2 Å². The van der Waals surface area contributed by atoms with Crippen molar-refractivity contribution in [2.45, 2.75) is 76.0 Å². The number of aromatic nitrogens is 2. The van der Waals surface area contributed by atoms with E-state index in [9.17, 15) is 14.0 Å². The molecule has 0 saturated heterocycles. The van der Waals surface area contributed by atoms with Gasteiger partial charge in [0.05, 0.1) is 25.9 Å². The number of ether oxygens (including phenoxy) is 1. The normalized spacial score (nSPS) is 19.5. The number of hydrogen-bond donors (Lipinski definition) is 2. The van der Waals surface area contributed by atoms with Crippen molar-refractivity contribution in [3.05, 3.63) is 46.9 Å². The zero-order chi connectivity index (χ0) is 24.2. The Labute approximate surface area is 195 Å². The lowest BCUT2D eigenvalue weighted by Gasteiger charge is -2.48. The van der Waals surface area contributed by atoms with Crippen LogP contribution in [0.15, 0.2) is 24.3 Å². The third-order valence-electron chi connectivity index (χ3n) is 7.69. The van der Waals surface area contributed by atoms with Gasteiger partial charge in [-0.3, -0.25) is 14.7 Å². The summed E-state index contributed by atoms with van der Waals surface area (Å²) < 4.78 is 19.9. The molecule has 2 amide bonds. The van der Waals surface area contributed by atoms with E-state index in [0.717, 1.165) is 30.5 Å². The molecule has 2 heterocycles. The molecular formula is C24H33FN4O3Si. The molecule has 1 atom stereocenters. The number of carbonyl (C=O) groups is 2. The van der Waals surface area contributed by atoms with Crippen LogP contribution in [0.2, 0.25) is 24.7 Å². The van der Waals surface area contributed by atoms with Crippen molar-refractivity contribution in [2.24, 2.45) is 0 Å². The Morgan fingerprint density at radius 1 is 1.24 bits per heavy atom. The molecular weight excluding hydrogens is 439 g/mol. The van der Waals surface area contributed by atoms with E-state index in [-0.39, 0.29) is 29.0 Å². The Morgan fingerprint density at radius 3 is 2.45 bits per heavy atom. The molecule has 2 aromatic rings. The Morgan fingerprint density at radius 2 is 1.91 bits per heavy atom. The first kappa shape index (κ1) is 23.6. The summed E-state index contributed by atoms with van der Waals surface area (Å²) in [5, 5.41) is 10.2. The smallest absolute Gasteiger partial charge is 0.257 e. The van der Waals surface area contributed by atoms with E-state index in [2.05, 4.69) is 35.2 Å². The van der Waals surface area contributed by atoms with Crippen LogP contribution in [0.25, 0.3) is 0 Å². The molecule has 0 unspecified atom stereocenters. The first-order valence-electron chi connectivity index (χ1n) is 11.4. The summed E-state index contributed by atoms with van der Waals surface area (Å²) in [5.41, 5.74) is 1.03. The van der Waals surface area contributed by atoms with Gasteiger partial charge < -0.3 is 15.0 Å². The van der Waals surface area contributed by atoms with Crippen LogP contribution in [0.3, 0.4) is 0 Å². The molecule has 4 rings (SSSR count). The Bertz CT molecular complexity index is 1090. The second-order valence-electron chi connectivity index (χ2n) is 10.7. The van der Waals surface area contributed by atoms with Gasteiger partial charge in [-0.2, -0.15) is 5.10 Å². The van der Waals surface area contributed by atoms with Crippen LogP contribution in [0.1, 0.15) is 56.0 Å². The molecule has 7 nitrogen and oxygen atoms in total. The standard InChI is InChI=1S/C24H33FN4O3Si/c1-23(2)19-16(14-29(23)21(30)18(32-3)15-10-7-8-11-17(15)25)20(28-27-19)26-22(31)24(12-9-13-24)33(4,5)6/h7-8,10-11,18H,9,12-14H2,1-6H3,(H2,26,27,28,31)/t18-/m1/s1. The second-order valence-corrected chi connectivity index (χ2v) is 16.1. The van der Waals surface area contributed by atoms with Gasteiger partial charge in [0.2, 0.25) is 5.91 Å². The van der Waals surface area contributed by atoms with Crippen LogP contribution in [-0.2, 0) is 26.4 Å². The first-order chi connectivity index (χ1) is 15.4. The van der Waals surface area contributed by atoms with Crippen LogP contribution in [0.5, 0.6) is 0 Å². The predicted octanol–water partition coefficient (Wildman–Crippen LogP) is 4.71. The van der Waals surface area contributed by atoms with Crippen molar-refractivity contribution in [3.63, 3.8) is 0 Å². The van der Waals surface area contributed by atoms with Crippen molar-refractivity contribution in [2.75, 3.05) is 12.4 Å². The number of aromatic amines is 1. The zero-order valence-electron chi connectivity index (χ0n) is 20.2. The molecule has 1 aliphatic carbocycles. The largest absolute Gasteiger partial charge is 0.367 e. The van der Waals surface area contributed by atoms with Gasteiger partial charge in [0.25, 0.3) is 5.91 Å². The molecule has 1 aromatic carbocycles. The average molecular weight is 473 g/mol. The highest BCUT2D eigenvalue weighted by Crippen LogP contribution is 2.56. The predicted molar refractivity (Wildman–Crippen MR) is 127 cm³/mol. The SMILES string of the molecule is CO[C@@H](C(=O)N1Cc2c(NC(=O)C3([Si](C)(C)C)CCC3)n[nH]c2C1(C)C)c1ccccc1F. The lowest BCUT2D eigenvalue weighted by molar-refractivity contribution is -0.148. The Hall–Kier alpha value is -2.52.